The van der Waals surface area contributed by atoms with E-state index in [1.165, 1.54) is 0 Å². The minimum atomic E-state index is -2.36. The average molecular weight is 206 g/mol. The average Bonchev–Trinajstić information content (AvgIpc) is 1.25. The molecule has 10 heteroatoms. The van der Waals surface area contributed by atoms with Crippen molar-refractivity contribution in [3.8, 4) is 0 Å². The van der Waals surface area contributed by atoms with E-state index in [-0.39, 0.29) is 59.1 Å². The summed E-state index contributed by atoms with van der Waals surface area (Å²) in [6, 6.07) is 0. The van der Waals surface area contributed by atoms with Crippen LogP contribution in [0.2, 0.25) is 0 Å². The Bertz CT molecular complexity index is 136. The molecule has 6 nitrogen and oxygen atoms in total. The Morgan fingerprint density at radius 1 is 0.700 bits per heavy atom. The number of hydrogen-bond donors (Lipinski definition) is 2. The quantitative estimate of drug-likeness (QED) is 0.302. The second kappa shape index (κ2) is 17.1. The summed E-state index contributed by atoms with van der Waals surface area (Å²) in [5.41, 5.74) is 0. The van der Waals surface area contributed by atoms with Gasteiger partial charge in [-0.25, -0.2) is 0 Å². The van der Waals surface area contributed by atoms with Crippen LogP contribution in [0.5, 0.6) is 0 Å². The van der Waals surface area contributed by atoms with Gasteiger partial charge in [-0.3, -0.25) is 0 Å². The standard InChI is InChI=1S/2H2NO2S.2Na/c2*1-4(2)3;;/h2*(H2,1,2,3);;/q2*-1;2*+1. The van der Waals surface area contributed by atoms with Crippen molar-refractivity contribution in [3.05, 3.63) is 0 Å². The first kappa shape index (κ1) is 22.6. The monoisotopic (exact) mass is 206 g/mol. The molecule has 0 atom stereocenters. The van der Waals surface area contributed by atoms with Crippen molar-refractivity contribution in [2.24, 2.45) is 10.3 Å². The molecule has 0 aromatic carbocycles. The molecule has 0 heterocycles. The van der Waals surface area contributed by atoms with Crippen molar-refractivity contribution in [2.45, 2.75) is 0 Å². The third-order valence-electron chi connectivity index (χ3n) is 0. The van der Waals surface area contributed by atoms with Crippen LogP contribution in [0.25, 0.3) is 0 Å². The first-order valence-corrected chi connectivity index (χ1v) is 3.41. The molecule has 0 aromatic rings. The summed E-state index contributed by atoms with van der Waals surface area (Å²) in [4.78, 5) is 0. The molecule has 0 saturated carbocycles. The predicted molar refractivity (Wildman–Crippen MR) is 25.9 cm³/mol. The topological polar surface area (TPSA) is 120 Å². The summed E-state index contributed by atoms with van der Waals surface area (Å²) in [5.74, 6) is 0. The van der Waals surface area contributed by atoms with Gasteiger partial charge in [0.1, 0.15) is 0 Å². The Labute approximate surface area is 106 Å². The van der Waals surface area contributed by atoms with Gasteiger partial charge in [0.2, 0.25) is 0 Å². The normalized spacial score (nSPS) is 6.80. The largest absolute Gasteiger partial charge is 1.00 e. The van der Waals surface area contributed by atoms with E-state index in [2.05, 4.69) is 10.3 Å². The number of rotatable bonds is 0. The van der Waals surface area contributed by atoms with Crippen LogP contribution in [-0.2, 0) is 38.6 Å². The first-order valence-electron chi connectivity index (χ1n) is 1.14. The zero-order chi connectivity index (χ0) is 7.15. The maximum atomic E-state index is 8.78. The van der Waals surface area contributed by atoms with Crippen LogP contribution >= 0.6 is 0 Å². The van der Waals surface area contributed by atoms with E-state index < -0.39 is 21.8 Å². The Morgan fingerprint density at radius 3 is 0.700 bits per heavy atom. The number of nitrogens with two attached hydrogens (primary N) is 2. The summed E-state index contributed by atoms with van der Waals surface area (Å²) in [7, 11) is -4.72. The fourth-order valence-corrected chi connectivity index (χ4v) is 0. The van der Waals surface area contributed by atoms with Crippen LogP contribution < -0.4 is 69.4 Å². The van der Waals surface area contributed by atoms with Crippen LogP contribution in [0, 0.1) is 0 Å². The summed E-state index contributed by atoms with van der Waals surface area (Å²) >= 11 is 0. The minimum Gasteiger partial charge on any atom is -0.409 e. The van der Waals surface area contributed by atoms with E-state index in [1.54, 1.807) is 0 Å². The molecular weight excluding hydrogens is 202 g/mol. The molecule has 0 aliphatic heterocycles. The summed E-state index contributed by atoms with van der Waals surface area (Å²) in [6.07, 6.45) is 0. The van der Waals surface area contributed by atoms with Gasteiger partial charge in [-0.1, -0.05) is 0 Å². The van der Waals surface area contributed by atoms with E-state index in [9.17, 15) is 0 Å². The Morgan fingerprint density at radius 2 is 0.700 bits per heavy atom. The summed E-state index contributed by atoms with van der Waals surface area (Å²) in [6.45, 7) is 0. The number of hydrogen-bond acceptors (Lipinski definition) is 6. The van der Waals surface area contributed by atoms with Crippen LogP contribution in [0.4, 0.5) is 0 Å². The molecule has 52 valence electrons. The minimum absolute atomic E-state index is 0. The Kier molecular flexibility index (Phi) is 38.6. The molecular formula is H4N2Na2O4S2. The van der Waals surface area contributed by atoms with Gasteiger partial charge >= 0.3 is 59.1 Å². The van der Waals surface area contributed by atoms with Crippen molar-refractivity contribution in [2.75, 3.05) is 0 Å². The van der Waals surface area contributed by atoms with Gasteiger partial charge in [0.25, 0.3) is 0 Å². The third kappa shape index (κ3) is 231. The maximum Gasteiger partial charge on any atom is 1.00 e. The first-order chi connectivity index (χ1) is 3.46. The maximum absolute atomic E-state index is 8.78. The van der Waals surface area contributed by atoms with Crippen LogP contribution in [0.3, 0.4) is 0 Å². The zero-order valence-electron chi connectivity index (χ0n) is 5.60. The van der Waals surface area contributed by atoms with E-state index in [0.717, 1.165) is 0 Å². The van der Waals surface area contributed by atoms with Gasteiger partial charge in [0.05, 0.1) is 0 Å². The second-order valence-corrected chi connectivity index (χ2v) is 1.56. The molecule has 0 radical (unpaired) electrons. The van der Waals surface area contributed by atoms with Crippen LogP contribution in [0.1, 0.15) is 0 Å². The second-order valence-electron chi connectivity index (χ2n) is 0.521. The van der Waals surface area contributed by atoms with Crippen molar-refractivity contribution in [3.63, 3.8) is 0 Å². The zero-order valence-corrected chi connectivity index (χ0v) is 11.2. The molecule has 0 aliphatic rings. The van der Waals surface area contributed by atoms with Gasteiger partial charge in [-0.2, -0.15) is 0 Å². The molecule has 0 rings (SSSR count). The van der Waals surface area contributed by atoms with E-state index in [0.29, 0.717) is 0 Å². The molecule has 0 aromatic heterocycles. The summed E-state index contributed by atoms with van der Waals surface area (Å²) < 4.78 is 35.1. The van der Waals surface area contributed by atoms with Crippen molar-refractivity contribution < 1.29 is 76.0 Å². The Hall–Kier alpha value is 1.82. The van der Waals surface area contributed by atoms with Gasteiger partial charge in [0, 0.05) is 0 Å². The van der Waals surface area contributed by atoms with E-state index in [4.69, 9.17) is 16.8 Å². The van der Waals surface area contributed by atoms with Crippen molar-refractivity contribution in [1.29, 1.82) is 0 Å². The molecule has 0 bridgehead atoms. The predicted octanol–water partition coefficient (Wildman–Crippen LogP) is -7.65. The van der Waals surface area contributed by atoms with Gasteiger partial charge in [-0.15, -0.1) is 0 Å². The fourth-order valence-electron chi connectivity index (χ4n) is 0. The molecule has 0 amide bonds. The molecule has 0 fully saturated rings. The smallest absolute Gasteiger partial charge is 0.409 e. The molecule has 0 unspecified atom stereocenters. The SMILES string of the molecule is N[S-](=O)=O.N[S-](=O)=O.[Na+].[Na+]. The van der Waals surface area contributed by atoms with E-state index >= 15 is 0 Å². The van der Waals surface area contributed by atoms with E-state index in [1.807, 2.05) is 0 Å². The molecule has 0 spiro atoms. The summed E-state index contributed by atoms with van der Waals surface area (Å²) in [5, 5.41) is 8.06. The molecule has 4 N–H and O–H groups in total. The van der Waals surface area contributed by atoms with Gasteiger partial charge in [0.15, 0.2) is 0 Å². The molecule has 0 saturated heterocycles. The fraction of sp³-hybridized carbons (Fsp3) is 0. The molecule has 0 aliphatic carbocycles. The Balaban J connectivity index is -0.0000000300. The van der Waals surface area contributed by atoms with Crippen molar-refractivity contribution >= 4 is 21.8 Å². The van der Waals surface area contributed by atoms with Gasteiger partial charge in [-0.05, 0) is 21.8 Å². The molecule has 10 heavy (non-hydrogen) atoms. The van der Waals surface area contributed by atoms with Gasteiger partial charge < -0.3 is 27.1 Å². The third-order valence-corrected chi connectivity index (χ3v) is 0. The van der Waals surface area contributed by atoms with Crippen LogP contribution in [-0.4, -0.2) is 0 Å². The van der Waals surface area contributed by atoms with Crippen LogP contribution in [0.15, 0.2) is 0 Å². The van der Waals surface area contributed by atoms with Crippen molar-refractivity contribution in [1.82, 2.24) is 0 Å².